The maximum Gasteiger partial charge on any atom is 0.303 e. The zero-order chi connectivity index (χ0) is 20.3. The van der Waals surface area contributed by atoms with Crippen LogP contribution >= 0.6 is 11.8 Å². The van der Waals surface area contributed by atoms with Gasteiger partial charge < -0.3 is 19.7 Å². The molecule has 2 heterocycles. The minimum Gasteiger partial charge on any atom is -0.481 e. The lowest BCUT2D eigenvalue weighted by Crippen LogP contribution is -2.50. The average Bonchev–Trinajstić information content (AvgIpc) is 3.06. The Labute approximate surface area is 165 Å². The third-order valence-electron chi connectivity index (χ3n) is 4.84. The van der Waals surface area contributed by atoms with Gasteiger partial charge in [0.15, 0.2) is 0 Å². The van der Waals surface area contributed by atoms with E-state index in [0.29, 0.717) is 0 Å². The van der Waals surface area contributed by atoms with E-state index in [1.54, 1.807) is 0 Å². The first kappa shape index (κ1) is 20.3. The number of carbonyl (C=O) groups is 3. The Morgan fingerprint density at radius 3 is 2.36 bits per heavy atom. The van der Waals surface area contributed by atoms with Crippen LogP contribution in [-0.2, 0) is 23.9 Å². The smallest absolute Gasteiger partial charge is 0.303 e. The van der Waals surface area contributed by atoms with Crippen molar-refractivity contribution in [1.82, 2.24) is 0 Å². The minimum absolute atomic E-state index is 0.117. The fraction of sp³-hybridized carbons (Fsp3) is 0.474. The van der Waals surface area contributed by atoms with E-state index < -0.39 is 47.3 Å². The Kier molecular flexibility index (Phi) is 6.35. The quantitative estimate of drug-likeness (QED) is 0.658. The number of rotatable bonds is 7. The Balaban J connectivity index is 1.91. The van der Waals surface area contributed by atoms with Crippen LogP contribution in [0.4, 0.5) is 0 Å². The fourth-order valence-corrected chi connectivity index (χ4v) is 4.93. The molecule has 8 nitrogen and oxygen atoms in total. The number of esters is 1. The summed E-state index contributed by atoms with van der Waals surface area (Å²) < 4.78 is 11.1. The molecule has 150 valence electrons. The number of aliphatic imine (C=N–C) groups is 1. The van der Waals surface area contributed by atoms with Crippen molar-refractivity contribution in [2.24, 2.45) is 16.8 Å². The van der Waals surface area contributed by atoms with Gasteiger partial charge in [-0.1, -0.05) is 42.1 Å². The summed E-state index contributed by atoms with van der Waals surface area (Å²) in [5, 5.41) is 19.5. The predicted molar refractivity (Wildman–Crippen MR) is 101 cm³/mol. The molecule has 3 rings (SSSR count). The maximum absolute atomic E-state index is 11.5. The molecule has 1 aromatic carbocycles. The van der Waals surface area contributed by atoms with Crippen LogP contribution in [0.5, 0.6) is 0 Å². The second kappa shape index (κ2) is 8.74. The average molecular weight is 407 g/mol. The number of carboxylic acid groups (broad SMARTS) is 2. The number of hydrogen-bond acceptors (Lipinski definition) is 7. The molecule has 0 aromatic heterocycles. The molecular weight excluding hydrogens is 386 g/mol. The molecule has 0 unspecified atom stereocenters. The molecule has 0 amide bonds. The Hall–Kier alpha value is -2.39. The van der Waals surface area contributed by atoms with Gasteiger partial charge in [-0.2, -0.15) is 0 Å². The molecular formula is C19H21NO7S. The van der Waals surface area contributed by atoms with Crippen molar-refractivity contribution in [3.05, 3.63) is 35.9 Å². The Bertz CT molecular complexity index is 782. The first-order valence-electron chi connectivity index (χ1n) is 8.87. The zero-order valence-corrected chi connectivity index (χ0v) is 16.0. The zero-order valence-electron chi connectivity index (χ0n) is 15.2. The van der Waals surface area contributed by atoms with Gasteiger partial charge in [0, 0.05) is 24.3 Å². The fourth-order valence-electron chi connectivity index (χ4n) is 3.66. The molecule has 0 spiro atoms. The van der Waals surface area contributed by atoms with Crippen molar-refractivity contribution in [3.63, 3.8) is 0 Å². The van der Waals surface area contributed by atoms with Crippen molar-refractivity contribution in [2.75, 3.05) is 6.61 Å². The Morgan fingerprint density at radius 1 is 1.11 bits per heavy atom. The lowest BCUT2D eigenvalue weighted by Gasteiger charge is -2.42. The van der Waals surface area contributed by atoms with E-state index in [2.05, 4.69) is 0 Å². The molecule has 1 saturated heterocycles. The van der Waals surface area contributed by atoms with Crippen LogP contribution in [0.3, 0.4) is 0 Å². The molecule has 2 N–H and O–H groups in total. The normalized spacial score (nSPS) is 28.9. The number of fused-ring (bicyclic) bond motifs is 1. The van der Waals surface area contributed by atoms with E-state index in [9.17, 15) is 24.6 Å². The highest BCUT2D eigenvalue weighted by Gasteiger charge is 2.50. The number of thioether (sulfide) groups is 1. The molecule has 2 aliphatic heterocycles. The number of benzene rings is 1. The van der Waals surface area contributed by atoms with Gasteiger partial charge in [0.2, 0.25) is 0 Å². The van der Waals surface area contributed by atoms with Gasteiger partial charge in [0.25, 0.3) is 0 Å². The minimum atomic E-state index is -1.06. The van der Waals surface area contributed by atoms with Gasteiger partial charge in [-0.05, 0) is 0 Å². The van der Waals surface area contributed by atoms with E-state index in [1.165, 1.54) is 18.7 Å². The SMILES string of the molecule is CC(=O)OC[C@@H]1O[C@@H]2SC(c3ccccc3)=N[C@@H]2[C@H](CC(=O)O)[C@@H]1CC(=O)O. The molecule has 5 atom stereocenters. The summed E-state index contributed by atoms with van der Waals surface area (Å²) in [5.41, 5.74) is 0.441. The van der Waals surface area contributed by atoms with E-state index in [0.717, 1.165) is 10.6 Å². The molecule has 0 saturated carbocycles. The molecule has 0 aliphatic carbocycles. The molecule has 2 aliphatic rings. The molecule has 9 heteroatoms. The number of hydrogen-bond donors (Lipinski definition) is 2. The van der Waals surface area contributed by atoms with Crippen molar-refractivity contribution in [3.8, 4) is 0 Å². The van der Waals surface area contributed by atoms with Crippen LogP contribution in [0.2, 0.25) is 0 Å². The van der Waals surface area contributed by atoms with Gasteiger partial charge >= 0.3 is 17.9 Å². The first-order valence-corrected chi connectivity index (χ1v) is 9.75. The molecule has 28 heavy (non-hydrogen) atoms. The van der Waals surface area contributed by atoms with Gasteiger partial charge in [-0.15, -0.1) is 0 Å². The molecule has 1 aromatic rings. The summed E-state index contributed by atoms with van der Waals surface area (Å²) in [6.45, 7) is 1.14. The molecule has 0 radical (unpaired) electrons. The number of carboxylic acids is 2. The second-order valence-electron chi connectivity index (χ2n) is 6.78. The highest BCUT2D eigenvalue weighted by Crippen LogP contribution is 2.45. The standard InChI is InChI=1S/C19H21NO7S/c1-10(21)26-9-14-12(7-15(22)23)13(8-16(24)25)17-19(27-14)28-18(20-17)11-5-3-2-4-6-11/h2-6,12-14,17,19H,7-9H2,1H3,(H,22,23)(H,24,25)/t12-,13+,14-,17+,19+/m0/s1. The summed E-state index contributed by atoms with van der Waals surface area (Å²) in [6.07, 6.45) is -1.22. The molecule has 1 fully saturated rings. The van der Waals surface area contributed by atoms with Crippen LogP contribution in [0.15, 0.2) is 35.3 Å². The van der Waals surface area contributed by atoms with Gasteiger partial charge in [-0.3, -0.25) is 19.4 Å². The predicted octanol–water partition coefficient (Wildman–Crippen LogP) is 2.02. The Morgan fingerprint density at radius 2 is 1.75 bits per heavy atom. The summed E-state index contributed by atoms with van der Waals surface area (Å²) in [6, 6.07) is 8.98. The van der Waals surface area contributed by atoms with Crippen molar-refractivity contribution in [1.29, 1.82) is 0 Å². The van der Waals surface area contributed by atoms with E-state index in [1.807, 2.05) is 30.3 Å². The summed E-state index contributed by atoms with van der Waals surface area (Å²) in [5.74, 6) is -3.76. The van der Waals surface area contributed by atoms with Gasteiger partial charge in [0.1, 0.15) is 17.1 Å². The van der Waals surface area contributed by atoms with Gasteiger partial charge in [0.05, 0.1) is 25.0 Å². The van der Waals surface area contributed by atoms with Crippen LogP contribution in [0.25, 0.3) is 0 Å². The second-order valence-corrected chi connectivity index (χ2v) is 7.86. The summed E-state index contributed by atoms with van der Waals surface area (Å²) in [4.78, 5) is 38.8. The monoisotopic (exact) mass is 407 g/mol. The molecule has 0 bridgehead atoms. The maximum atomic E-state index is 11.5. The summed E-state index contributed by atoms with van der Waals surface area (Å²) in [7, 11) is 0. The first-order chi connectivity index (χ1) is 13.3. The van der Waals surface area contributed by atoms with Crippen molar-refractivity contribution < 1.29 is 34.1 Å². The largest absolute Gasteiger partial charge is 0.481 e. The van der Waals surface area contributed by atoms with Crippen LogP contribution in [0, 0.1) is 11.8 Å². The van der Waals surface area contributed by atoms with E-state index >= 15 is 0 Å². The van der Waals surface area contributed by atoms with Crippen LogP contribution in [-0.4, -0.2) is 57.4 Å². The van der Waals surface area contributed by atoms with Gasteiger partial charge in [-0.25, -0.2) is 0 Å². The van der Waals surface area contributed by atoms with E-state index in [4.69, 9.17) is 14.5 Å². The number of nitrogens with zero attached hydrogens (tertiary/aromatic N) is 1. The van der Waals surface area contributed by atoms with E-state index in [-0.39, 0.29) is 19.4 Å². The van der Waals surface area contributed by atoms with Crippen LogP contribution in [0.1, 0.15) is 25.3 Å². The number of carbonyl (C=O) groups excluding carboxylic acids is 1. The lowest BCUT2D eigenvalue weighted by molar-refractivity contribution is -0.162. The van der Waals surface area contributed by atoms with Crippen LogP contribution < -0.4 is 0 Å². The van der Waals surface area contributed by atoms with Crippen molar-refractivity contribution >= 4 is 34.7 Å². The third-order valence-corrected chi connectivity index (χ3v) is 6.03. The highest BCUT2D eigenvalue weighted by molar-refractivity contribution is 8.15. The number of aliphatic carboxylic acids is 2. The highest BCUT2D eigenvalue weighted by atomic mass is 32.2. The lowest BCUT2D eigenvalue weighted by atomic mass is 9.76. The van der Waals surface area contributed by atoms with Crippen molar-refractivity contribution in [2.45, 2.75) is 37.3 Å². The summed E-state index contributed by atoms with van der Waals surface area (Å²) >= 11 is 1.38. The number of ether oxygens (including phenoxy) is 2. The topological polar surface area (TPSA) is 122 Å². The third kappa shape index (κ3) is 4.71.